The molecule has 1 aliphatic rings. The van der Waals surface area contributed by atoms with Gasteiger partial charge >= 0.3 is 6.36 Å². The van der Waals surface area contributed by atoms with E-state index in [1.54, 1.807) is 19.2 Å². The van der Waals surface area contributed by atoms with Gasteiger partial charge in [0, 0.05) is 17.2 Å². The highest BCUT2D eigenvalue weighted by atomic mass is 32.2. The number of carbonyl (C=O) groups is 1. The standard InChI is InChI=1S/C30H25F4N7O3S2/c1-17(2)23-11-10-22(43-3)13-25(23)41-26(42)15-46-29(41)37-28(45)38-36-14-19-5-4-18(12-24(19)31)27-35-16-40(39-27)20-6-8-21(9-7-20)44-30(32,33)34/h4-14,16-17H,15H2,1-3H3,(H,38,45)/b36-14+,37-29?. The minimum atomic E-state index is -4.80. The molecule has 0 atom stereocenters. The molecule has 16 heteroatoms. The Morgan fingerprint density at radius 3 is 2.52 bits per heavy atom. The van der Waals surface area contributed by atoms with E-state index < -0.39 is 12.2 Å². The molecule has 5 rings (SSSR count). The van der Waals surface area contributed by atoms with E-state index in [0.717, 1.165) is 17.7 Å². The van der Waals surface area contributed by atoms with Crippen molar-refractivity contribution in [3.8, 4) is 28.6 Å². The number of alkyl halides is 3. The second-order valence-electron chi connectivity index (χ2n) is 9.96. The molecule has 0 saturated carbocycles. The Morgan fingerprint density at radius 1 is 1.11 bits per heavy atom. The third kappa shape index (κ3) is 7.69. The lowest BCUT2D eigenvalue weighted by Gasteiger charge is -2.22. The number of carbonyl (C=O) groups excluding carboxylic acids is 1. The van der Waals surface area contributed by atoms with Gasteiger partial charge < -0.3 is 9.47 Å². The van der Waals surface area contributed by atoms with Gasteiger partial charge in [-0.2, -0.15) is 10.1 Å². The number of hydrogen-bond donors (Lipinski definition) is 1. The van der Waals surface area contributed by atoms with Crippen LogP contribution in [0, 0.1) is 5.82 Å². The van der Waals surface area contributed by atoms with Gasteiger partial charge in [0.15, 0.2) is 11.0 Å². The number of ether oxygens (including phenoxy) is 2. The molecule has 0 unspecified atom stereocenters. The highest BCUT2D eigenvalue weighted by Gasteiger charge is 2.33. The first-order chi connectivity index (χ1) is 21.9. The fourth-order valence-electron chi connectivity index (χ4n) is 4.37. The molecular formula is C30H25F4N7O3S2. The molecular weight excluding hydrogens is 647 g/mol. The van der Waals surface area contributed by atoms with Crippen LogP contribution < -0.4 is 19.8 Å². The number of thioether (sulfide) groups is 1. The van der Waals surface area contributed by atoms with Crippen molar-refractivity contribution in [2.45, 2.75) is 26.1 Å². The number of methoxy groups -OCH3 is 1. The molecule has 0 aliphatic carbocycles. The molecule has 4 aromatic rings. The van der Waals surface area contributed by atoms with Crippen molar-refractivity contribution >= 4 is 52.1 Å². The fourth-order valence-corrected chi connectivity index (χ4v) is 5.44. The summed E-state index contributed by atoms with van der Waals surface area (Å²) in [7, 11) is 1.55. The van der Waals surface area contributed by atoms with Gasteiger partial charge in [0.05, 0.1) is 30.5 Å². The average molecular weight is 672 g/mol. The summed E-state index contributed by atoms with van der Waals surface area (Å²) in [5, 5.41) is 8.62. The van der Waals surface area contributed by atoms with Crippen LogP contribution in [0.25, 0.3) is 17.1 Å². The lowest BCUT2D eigenvalue weighted by atomic mass is 10.00. The number of benzene rings is 3. The summed E-state index contributed by atoms with van der Waals surface area (Å²) < 4.78 is 62.7. The molecule has 0 spiro atoms. The minimum absolute atomic E-state index is 0.0304. The highest BCUT2D eigenvalue weighted by Crippen LogP contribution is 2.36. The van der Waals surface area contributed by atoms with Crippen LogP contribution in [0.2, 0.25) is 0 Å². The number of anilines is 1. The number of halogens is 4. The van der Waals surface area contributed by atoms with Gasteiger partial charge in [-0.05, 0) is 66.2 Å². The van der Waals surface area contributed by atoms with Crippen molar-refractivity contribution in [3.05, 3.63) is 83.9 Å². The summed E-state index contributed by atoms with van der Waals surface area (Å²) in [5.41, 5.74) is 5.11. The maximum atomic E-state index is 14.9. The minimum Gasteiger partial charge on any atom is -0.497 e. The average Bonchev–Trinajstić information content (AvgIpc) is 3.64. The van der Waals surface area contributed by atoms with E-state index in [1.807, 2.05) is 26.0 Å². The summed E-state index contributed by atoms with van der Waals surface area (Å²) in [6.45, 7) is 4.04. The van der Waals surface area contributed by atoms with E-state index >= 15 is 0 Å². The number of aromatic nitrogens is 3. The SMILES string of the molecule is COc1ccc(C(C)C)c(N2C(=O)CSC2=NC(=S)N/N=C/c2ccc(-c3ncn(-c4ccc(OC(F)(F)F)cc4)n3)cc2F)c1. The van der Waals surface area contributed by atoms with Crippen LogP contribution in [0.1, 0.15) is 30.9 Å². The van der Waals surface area contributed by atoms with E-state index in [2.05, 4.69) is 30.3 Å². The number of nitrogens with one attached hydrogen (secondary N) is 1. The van der Waals surface area contributed by atoms with E-state index in [1.165, 1.54) is 58.2 Å². The van der Waals surface area contributed by atoms with Crippen molar-refractivity contribution in [2.75, 3.05) is 17.8 Å². The molecule has 1 fully saturated rings. The van der Waals surface area contributed by atoms with Crippen LogP contribution in [0.3, 0.4) is 0 Å². The third-order valence-corrected chi connectivity index (χ3v) is 7.62. The van der Waals surface area contributed by atoms with Gasteiger partial charge in [0.25, 0.3) is 0 Å². The number of amidine groups is 1. The number of aliphatic imine (C=N–C) groups is 1. The summed E-state index contributed by atoms with van der Waals surface area (Å²) in [6, 6.07) is 14.9. The Bertz CT molecular complexity index is 1830. The number of thiocarbonyl (C=S) groups is 1. The molecule has 238 valence electrons. The van der Waals surface area contributed by atoms with Gasteiger partial charge in [-0.25, -0.2) is 14.1 Å². The lowest BCUT2D eigenvalue weighted by molar-refractivity contribution is -0.274. The van der Waals surface area contributed by atoms with Gasteiger partial charge in [0.1, 0.15) is 23.6 Å². The third-order valence-electron chi connectivity index (χ3n) is 6.51. The zero-order valence-electron chi connectivity index (χ0n) is 24.4. The van der Waals surface area contributed by atoms with Crippen molar-refractivity contribution < 1.29 is 31.8 Å². The summed E-state index contributed by atoms with van der Waals surface area (Å²) in [5.74, 6) is -0.0373. The zero-order chi connectivity index (χ0) is 33.0. The predicted molar refractivity (Wildman–Crippen MR) is 171 cm³/mol. The molecule has 2 heterocycles. The van der Waals surface area contributed by atoms with Crippen LogP contribution in [0.5, 0.6) is 11.5 Å². The second-order valence-corrected chi connectivity index (χ2v) is 11.3. The molecule has 0 bridgehead atoms. The Morgan fingerprint density at radius 2 is 1.85 bits per heavy atom. The molecule has 1 saturated heterocycles. The van der Waals surface area contributed by atoms with Crippen molar-refractivity contribution in [2.24, 2.45) is 10.1 Å². The van der Waals surface area contributed by atoms with Crippen molar-refractivity contribution in [3.63, 3.8) is 0 Å². The Balaban J connectivity index is 1.25. The Kier molecular flexibility index (Phi) is 9.67. The molecule has 1 aromatic heterocycles. The zero-order valence-corrected chi connectivity index (χ0v) is 26.1. The molecule has 1 amide bonds. The largest absolute Gasteiger partial charge is 0.573 e. The number of hydrazone groups is 1. The molecule has 1 aliphatic heterocycles. The van der Waals surface area contributed by atoms with Gasteiger partial charge in [-0.1, -0.05) is 37.7 Å². The second kappa shape index (κ2) is 13.7. The number of rotatable bonds is 8. The molecule has 1 N–H and O–H groups in total. The van der Waals surface area contributed by atoms with E-state index in [0.29, 0.717) is 27.9 Å². The first-order valence-corrected chi connectivity index (χ1v) is 14.9. The lowest BCUT2D eigenvalue weighted by Crippen LogP contribution is -2.31. The normalized spacial score (nSPS) is 14.5. The molecule has 10 nitrogen and oxygen atoms in total. The maximum absolute atomic E-state index is 14.9. The predicted octanol–water partition coefficient (Wildman–Crippen LogP) is 6.45. The smallest absolute Gasteiger partial charge is 0.497 e. The van der Waals surface area contributed by atoms with Gasteiger partial charge in [-0.15, -0.1) is 18.3 Å². The molecule has 0 radical (unpaired) electrons. The molecule has 3 aromatic carbocycles. The van der Waals surface area contributed by atoms with Crippen LogP contribution in [-0.4, -0.2) is 56.4 Å². The van der Waals surface area contributed by atoms with Crippen molar-refractivity contribution in [1.29, 1.82) is 0 Å². The topological polar surface area (TPSA) is 106 Å². The van der Waals surface area contributed by atoms with Crippen LogP contribution >= 0.6 is 24.0 Å². The van der Waals surface area contributed by atoms with Gasteiger partial charge in [-0.3, -0.25) is 15.1 Å². The number of hydrogen-bond acceptors (Lipinski definition) is 8. The first-order valence-electron chi connectivity index (χ1n) is 13.5. The Hall–Kier alpha value is -4.83. The number of amides is 1. The van der Waals surface area contributed by atoms with Crippen LogP contribution in [0.4, 0.5) is 23.2 Å². The van der Waals surface area contributed by atoms with Crippen LogP contribution in [0.15, 0.2) is 77.1 Å². The van der Waals surface area contributed by atoms with Crippen LogP contribution in [-0.2, 0) is 4.79 Å². The van der Waals surface area contributed by atoms with Gasteiger partial charge in [0.2, 0.25) is 11.0 Å². The summed E-state index contributed by atoms with van der Waals surface area (Å²) >= 11 is 6.55. The summed E-state index contributed by atoms with van der Waals surface area (Å²) in [4.78, 5) is 22.9. The first kappa shape index (κ1) is 32.6. The Labute approximate surface area is 270 Å². The van der Waals surface area contributed by atoms with E-state index in [9.17, 15) is 22.4 Å². The quantitative estimate of drug-likeness (QED) is 0.0987. The molecule has 46 heavy (non-hydrogen) atoms. The van der Waals surface area contributed by atoms with E-state index in [-0.39, 0.29) is 39.8 Å². The van der Waals surface area contributed by atoms with E-state index in [4.69, 9.17) is 17.0 Å². The fraction of sp³-hybridized carbons (Fsp3) is 0.200. The monoisotopic (exact) mass is 671 g/mol. The summed E-state index contributed by atoms with van der Waals surface area (Å²) in [6.07, 6.45) is -2.22. The maximum Gasteiger partial charge on any atom is 0.573 e. The number of nitrogens with zero attached hydrogens (tertiary/aromatic N) is 6. The highest BCUT2D eigenvalue weighted by molar-refractivity contribution is 8.15. The van der Waals surface area contributed by atoms with Crippen molar-refractivity contribution in [1.82, 2.24) is 20.2 Å².